The molecule has 2 aromatic rings. The van der Waals surface area contributed by atoms with Gasteiger partial charge in [0.05, 0.1) is 5.60 Å². The van der Waals surface area contributed by atoms with Crippen LogP contribution in [0.5, 0.6) is 5.75 Å². The van der Waals surface area contributed by atoms with Crippen LogP contribution in [-0.2, 0) is 6.61 Å². The zero-order chi connectivity index (χ0) is 18.5. The molecule has 0 amide bonds. The van der Waals surface area contributed by atoms with Crippen molar-refractivity contribution in [1.82, 2.24) is 10.2 Å². The van der Waals surface area contributed by atoms with E-state index in [1.807, 2.05) is 24.3 Å². The molecule has 1 aliphatic carbocycles. The van der Waals surface area contributed by atoms with E-state index in [0.717, 1.165) is 63.3 Å². The van der Waals surface area contributed by atoms with Gasteiger partial charge in [0.15, 0.2) is 0 Å². The minimum atomic E-state index is -0.567. The quantitative estimate of drug-likeness (QED) is 0.684. The van der Waals surface area contributed by atoms with Crippen molar-refractivity contribution in [2.75, 3.05) is 32.7 Å². The van der Waals surface area contributed by atoms with Crippen LogP contribution in [0.25, 0.3) is 0 Å². The van der Waals surface area contributed by atoms with Crippen molar-refractivity contribution in [1.29, 1.82) is 0 Å². The monoisotopic (exact) mass is 438 g/mol. The van der Waals surface area contributed by atoms with Crippen molar-refractivity contribution in [3.05, 3.63) is 65.7 Å². The van der Waals surface area contributed by atoms with E-state index in [2.05, 4.69) is 40.5 Å². The van der Waals surface area contributed by atoms with Crippen molar-refractivity contribution in [2.45, 2.75) is 37.4 Å². The normalized spacial score (nSPS) is 19.2. The van der Waals surface area contributed by atoms with Gasteiger partial charge < -0.3 is 20.1 Å². The molecule has 1 saturated carbocycles. The fraction of sp³-hybridized carbons (Fsp3) is 0.478. The van der Waals surface area contributed by atoms with Gasteiger partial charge in [0.25, 0.3) is 0 Å². The highest BCUT2D eigenvalue weighted by atomic mass is 35.5. The Balaban J connectivity index is 0.00000150. The van der Waals surface area contributed by atoms with Crippen LogP contribution >= 0.6 is 24.8 Å². The predicted octanol–water partition coefficient (Wildman–Crippen LogP) is 4.01. The van der Waals surface area contributed by atoms with Crippen LogP contribution in [0.4, 0.5) is 0 Å². The van der Waals surface area contributed by atoms with Gasteiger partial charge in [0.2, 0.25) is 0 Å². The van der Waals surface area contributed by atoms with E-state index in [1.165, 1.54) is 5.56 Å². The maximum Gasteiger partial charge on any atom is 0.120 e. The van der Waals surface area contributed by atoms with E-state index in [-0.39, 0.29) is 30.7 Å². The Hall–Kier alpha value is -1.30. The molecule has 0 spiro atoms. The molecule has 0 bridgehead atoms. The number of halogens is 2. The number of nitrogens with one attached hydrogen (secondary N) is 1. The summed E-state index contributed by atoms with van der Waals surface area (Å²) in [6.07, 6.45) is 2.93. The van der Waals surface area contributed by atoms with E-state index in [4.69, 9.17) is 4.74 Å². The van der Waals surface area contributed by atoms with E-state index in [1.54, 1.807) is 0 Å². The van der Waals surface area contributed by atoms with Crippen LogP contribution in [0.2, 0.25) is 0 Å². The number of ether oxygens (including phenoxy) is 1. The van der Waals surface area contributed by atoms with Crippen LogP contribution in [0, 0.1) is 0 Å². The van der Waals surface area contributed by atoms with Crippen LogP contribution in [0.3, 0.4) is 0 Å². The highest BCUT2D eigenvalue weighted by Crippen LogP contribution is 2.44. The minimum absolute atomic E-state index is 0. The average Bonchev–Trinajstić information content (AvgIpc) is 2.70. The summed E-state index contributed by atoms with van der Waals surface area (Å²) >= 11 is 0. The molecule has 1 unspecified atom stereocenters. The molecule has 0 aromatic heterocycles. The molecule has 2 aromatic carbocycles. The third-order valence-electron chi connectivity index (χ3n) is 6.03. The van der Waals surface area contributed by atoms with E-state index in [9.17, 15) is 5.11 Å². The Labute approximate surface area is 186 Å². The summed E-state index contributed by atoms with van der Waals surface area (Å²) in [7, 11) is 0. The third-order valence-corrected chi connectivity index (χ3v) is 6.03. The van der Waals surface area contributed by atoms with Gasteiger partial charge in [-0.3, -0.25) is 0 Å². The lowest BCUT2D eigenvalue weighted by molar-refractivity contribution is -0.0652. The number of rotatable bonds is 7. The number of piperazine rings is 1. The molecule has 29 heavy (non-hydrogen) atoms. The van der Waals surface area contributed by atoms with Crippen LogP contribution in [-0.4, -0.2) is 48.3 Å². The van der Waals surface area contributed by atoms with Gasteiger partial charge in [0.1, 0.15) is 12.4 Å². The van der Waals surface area contributed by atoms with E-state index >= 15 is 0 Å². The van der Waals surface area contributed by atoms with E-state index in [0.29, 0.717) is 6.61 Å². The first-order chi connectivity index (χ1) is 13.2. The Morgan fingerprint density at radius 3 is 2.38 bits per heavy atom. The van der Waals surface area contributed by atoms with Gasteiger partial charge in [-0.2, -0.15) is 0 Å². The standard InChI is InChI=1S/C23H30N2O2.2ClH/c26-23(10-5-11-23)22(17-25-14-12-24-13-15-25)20-8-4-9-21(16-20)27-18-19-6-2-1-3-7-19;;/h1-4,6-9,16,22,24,26H,5,10-15,17-18H2;2*1H. The molecule has 6 heteroatoms. The number of hydrogen-bond acceptors (Lipinski definition) is 4. The zero-order valence-electron chi connectivity index (χ0n) is 16.8. The number of nitrogens with zero attached hydrogens (tertiary/aromatic N) is 1. The third kappa shape index (κ3) is 6.09. The van der Waals surface area contributed by atoms with Crippen LogP contribution in [0.1, 0.15) is 36.3 Å². The molecule has 2 aliphatic rings. The summed E-state index contributed by atoms with van der Waals surface area (Å²) in [4.78, 5) is 2.48. The molecule has 160 valence electrons. The van der Waals surface area contributed by atoms with Crippen LogP contribution < -0.4 is 10.1 Å². The Morgan fingerprint density at radius 2 is 1.72 bits per heavy atom. The van der Waals surface area contributed by atoms with Gasteiger partial charge in [0, 0.05) is 38.6 Å². The number of hydrogen-bond donors (Lipinski definition) is 2. The molecular formula is C23H32Cl2N2O2. The first kappa shape index (κ1) is 24.0. The van der Waals surface area contributed by atoms with Crippen molar-refractivity contribution in [3.63, 3.8) is 0 Å². The lowest BCUT2D eigenvalue weighted by Crippen LogP contribution is -2.51. The van der Waals surface area contributed by atoms with Gasteiger partial charge >= 0.3 is 0 Å². The topological polar surface area (TPSA) is 44.7 Å². The summed E-state index contributed by atoms with van der Waals surface area (Å²) < 4.78 is 6.03. The van der Waals surface area contributed by atoms with Crippen molar-refractivity contribution < 1.29 is 9.84 Å². The molecule has 1 heterocycles. The van der Waals surface area contributed by atoms with Gasteiger partial charge in [-0.1, -0.05) is 42.5 Å². The maximum absolute atomic E-state index is 11.2. The predicted molar refractivity (Wildman–Crippen MR) is 123 cm³/mol. The lowest BCUT2D eigenvalue weighted by atomic mass is 9.68. The SMILES string of the molecule is Cl.Cl.OC1(C(CN2CCNCC2)c2cccc(OCc3ccccc3)c2)CCC1. The first-order valence-corrected chi connectivity index (χ1v) is 10.2. The Bertz CT molecular complexity index is 735. The smallest absolute Gasteiger partial charge is 0.120 e. The molecule has 1 atom stereocenters. The van der Waals surface area contributed by atoms with Crippen molar-refractivity contribution in [3.8, 4) is 5.75 Å². The second kappa shape index (κ2) is 11.2. The molecule has 4 rings (SSSR count). The van der Waals surface area contributed by atoms with Gasteiger partial charge in [-0.05, 0) is 42.5 Å². The minimum Gasteiger partial charge on any atom is -0.489 e. The Morgan fingerprint density at radius 1 is 1.00 bits per heavy atom. The highest BCUT2D eigenvalue weighted by molar-refractivity contribution is 5.85. The van der Waals surface area contributed by atoms with Crippen molar-refractivity contribution >= 4 is 24.8 Å². The maximum atomic E-state index is 11.2. The first-order valence-electron chi connectivity index (χ1n) is 10.2. The lowest BCUT2D eigenvalue weighted by Gasteiger charge is -2.46. The number of benzene rings is 2. The molecule has 4 nitrogen and oxygen atoms in total. The molecule has 2 N–H and O–H groups in total. The fourth-order valence-corrected chi connectivity index (χ4v) is 4.19. The summed E-state index contributed by atoms with van der Waals surface area (Å²) in [6, 6.07) is 18.6. The van der Waals surface area contributed by atoms with Gasteiger partial charge in [-0.15, -0.1) is 24.8 Å². The molecular weight excluding hydrogens is 407 g/mol. The average molecular weight is 439 g/mol. The Kier molecular flexibility index (Phi) is 9.25. The van der Waals surface area contributed by atoms with Crippen LogP contribution in [0.15, 0.2) is 54.6 Å². The van der Waals surface area contributed by atoms with Crippen molar-refractivity contribution in [2.24, 2.45) is 0 Å². The largest absolute Gasteiger partial charge is 0.489 e. The fourth-order valence-electron chi connectivity index (χ4n) is 4.19. The second-order valence-electron chi connectivity index (χ2n) is 7.91. The van der Waals surface area contributed by atoms with Gasteiger partial charge in [-0.25, -0.2) is 0 Å². The summed E-state index contributed by atoms with van der Waals surface area (Å²) in [5.74, 6) is 1.02. The van der Waals surface area contributed by atoms with E-state index < -0.39 is 5.60 Å². The highest BCUT2D eigenvalue weighted by Gasteiger charge is 2.43. The zero-order valence-corrected chi connectivity index (χ0v) is 18.4. The molecule has 0 radical (unpaired) electrons. The second-order valence-corrected chi connectivity index (χ2v) is 7.91. The molecule has 1 aliphatic heterocycles. The summed E-state index contributed by atoms with van der Waals surface area (Å²) in [5.41, 5.74) is 1.79. The summed E-state index contributed by atoms with van der Waals surface area (Å²) in [5, 5.41) is 14.6. The number of aliphatic hydroxyl groups is 1. The molecule has 1 saturated heterocycles. The molecule has 2 fully saturated rings. The summed E-state index contributed by atoms with van der Waals surface area (Å²) in [6.45, 7) is 5.65.